The second kappa shape index (κ2) is 8.17. The fraction of sp³-hybridized carbons (Fsp3) is 0.158. The highest BCUT2D eigenvalue weighted by atomic mass is 14.2. The molecule has 0 aliphatic rings. The molecule has 38 heavy (non-hydrogen) atoms. The van der Waals surface area contributed by atoms with Gasteiger partial charge in [0.2, 0.25) is 0 Å². The van der Waals surface area contributed by atoms with Crippen molar-refractivity contribution in [2.45, 2.75) is 41.5 Å². The lowest BCUT2D eigenvalue weighted by atomic mass is 9.84. The van der Waals surface area contributed by atoms with Crippen LogP contribution in [0.25, 0.3) is 65.3 Å². The highest BCUT2D eigenvalue weighted by Crippen LogP contribution is 2.45. The predicted molar refractivity (Wildman–Crippen MR) is 167 cm³/mol. The minimum atomic E-state index is 1.29. The van der Waals surface area contributed by atoms with E-state index in [4.69, 9.17) is 0 Å². The first-order valence-corrected chi connectivity index (χ1v) is 13.6. The number of fused-ring (bicyclic) bond motifs is 2. The predicted octanol–water partition coefficient (Wildman–Crippen LogP) is 10.9. The van der Waals surface area contributed by atoms with Crippen molar-refractivity contribution in [3.63, 3.8) is 0 Å². The smallest absolute Gasteiger partial charge is 0.00233 e. The molecule has 0 aliphatic carbocycles. The number of rotatable bonds is 2. The zero-order valence-electron chi connectivity index (χ0n) is 23.1. The van der Waals surface area contributed by atoms with Crippen LogP contribution in [0.5, 0.6) is 0 Å². The molecule has 0 heterocycles. The molecule has 0 aromatic heterocycles. The van der Waals surface area contributed by atoms with E-state index in [-0.39, 0.29) is 0 Å². The van der Waals surface area contributed by atoms with Crippen LogP contribution < -0.4 is 0 Å². The molecule has 0 amide bonds. The standard InChI is InChI=1S/C38H32/c1-21-11-22(2)14-27(13-21)29-17-33-25(5)7-9-31-32-10-8-26(6)34-18-30(28-15-23(3)12-24(4)16-28)20-36(38(32)34)35(19-29)37(31)33/h7-20H,1-6H3. The van der Waals surface area contributed by atoms with Crippen LogP contribution in [0, 0.1) is 41.5 Å². The molecule has 0 bridgehead atoms. The topological polar surface area (TPSA) is 0 Å². The van der Waals surface area contributed by atoms with Gasteiger partial charge in [-0.3, -0.25) is 0 Å². The van der Waals surface area contributed by atoms with Gasteiger partial charge < -0.3 is 0 Å². The molecule has 0 fully saturated rings. The molecule has 7 aromatic carbocycles. The zero-order chi connectivity index (χ0) is 26.3. The summed E-state index contributed by atoms with van der Waals surface area (Å²) in [5, 5.41) is 10.9. The summed E-state index contributed by atoms with van der Waals surface area (Å²) in [6.07, 6.45) is 0. The van der Waals surface area contributed by atoms with Gasteiger partial charge in [-0.05, 0) is 142 Å². The Morgan fingerprint density at radius 2 is 0.605 bits per heavy atom. The van der Waals surface area contributed by atoms with E-state index in [1.165, 1.54) is 98.7 Å². The molecule has 0 saturated heterocycles. The van der Waals surface area contributed by atoms with Crippen molar-refractivity contribution in [2.24, 2.45) is 0 Å². The average molecular weight is 489 g/mol. The molecular formula is C38H32. The zero-order valence-corrected chi connectivity index (χ0v) is 23.1. The number of benzene rings is 7. The third-order valence-electron chi connectivity index (χ3n) is 8.36. The van der Waals surface area contributed by atoms with Crippen molar-refractivity contribution < 1.29 is 0 Å². The first kappa shape index (κ1) is 23.0. The van der Waals surface area contributed by atoms with Gasteiger partial charge in [-0.1, -0.05) is 82.9 Å². The van der Waals surface area contributed by atoms with Gasteiger partial charge in [0.05, 0.1) is 0 Å². The van der Waals surface area contributed by atoms with Gasteiger partial charge in [-0.15, -0.1) is 0 Å². The van der Waals surface area contributed by atoms with Gasteiger partial charge in [0.25, 0.3) is 0 Å². The second-order valence-corrected chi connectivity index (χ2v) is 11.5. The van der Waals surface area contributed by atoms with Crippen molar-refractivity contribution in [1.29, 1.82) is 0 Å². The van der Waals surface area contributed by atoms with Crippen LogP contribution in [0.2, 0.25) is 0 Å². The van der Waals surface area contributed by atoms with Crippen LogP contribution in [-0.4, -0.2) is 0 Å². The monoisotopic (exact) mass is 488 g/mol. The Balaban J connectivity index is 1.70. The molecule has 184 valence electrons. The highest BCUT2D eigenvalue weighted by molar-refractivity contribution is 6.34. The van der Waals surface area contributed by atoms with E-state index in [9.17, 15) is 0 Å². The number of aryl methyl sites for hydroxylation is 6. The van der Waals surface area contributed by atoms with E-state index < -0.39 is 0 Å². The summed E-state index contributed by atoms with van der Waals surface area (Å²) in [5.41, 5.74) is 13.0. The maximum atomic E-state index is 2.45. The van der Waals surface area contributed by atoms with E-state index in [1.54, 1.807) is 0 Å². The van der Waals surface area contributed by atoms with Crippen molar-refractivity contribution >= 4 is 43.1 Å². The fourth-order valence-corrected chi connectivity index (χ4v) is 6.74. The number of hydrogen-bond donors (Lipinski definition) is 0. The normalized spacial score (nSPS) is 11.9. The lowest BCUT2D eigenvalue weighted by Gasteiger charge is -2.19. The summed E-state index contributed by atoms with van der Waals surface area (Å²) in [4.78, 5) is 0. The summed E-state index contributed by atoms with van der Waals surface area (Å²) in [5.74, 6) is 0. The van der Waals surface area contributed by atoms with E-state index in [0.717, 1.165) is 0 Å². The molecule has 0 unspecified atom stereocenters. The van der Waals surface area contributed by atoms with Gasteiger partial charge >= 0.3 is 0 Å². The molecule has 7 aromatic rings. The average Bonchev–Trinajstić information content (AvgIpc) is 2.87. The fourth-order valence-electron chi connectivity index (χ4n) is 6.74. The Bertz CT molecular complexity index is 1880. The van der Waals surface area contributed by atoms with Crippen LogP contribution in [0.15, 0.2) is 84.9 Å². The molecule has 7 rings (SSSR count). The lowest BCUT2D eigenvalue weighted by Crippen LogP contribution is -1.93. The van der Waals surface area contributed by atoms with Crippen LogP contribution >= 0.6 is 0 Å². The molecule has 0 saturated carbocycles. The molecular weight excluding hydrogens is 456 g/mol. The van der Waals surface area contributed by atoms with Crippen molar-refractivity contribution in [1.82, 2.24) is 0 Å². The van der Waals surface area contributed by atoms with Crippen LogP contribution in [0.1, 0.15) is 33.4 Å². The van der Waals surface area contributed by atoms with E-state index in [0.29, 0.717) is 0 Å². The van der Waals surface area contributed by atoms with Gasteiger partial charge in [0.1, 0.15) is 0 Å². The van der Waals surface area contributed by atoms with Gasteiger partial charge in [0.15, 0.2) is 0 Å². The first-order valence-electron chi connectivity index (χ1n) is 13.6. The molecule has 0 nitrogen and oxygen atoms in total. The molecule has 0 heteroatoms. The van der Waals surface area contributed by atoms with Crippen LogP contribution in [-0.2, 0) is 0 Å². The second-order valence-electron chi connectivity index (χ2n) is 11.5. The summed E-state index contributed by atoms with van der Waals surface area (Å²) in [6.45, 7) is 13.3. The van der Waals surface area contributed by atoms with Gasteiger partial charge in [0, 0.05) is 0 Å². The Kier molecular flexibility index (Phi) is 4.94. The Labute approximate surface area is 224 Å². The summed E-state index contributed by atoms with van der Waals surface area (Å²) in [7, 11) is 0. The van der Waals surface area contributed by atoms with E-state index in [2.05, 4.69) is 126 Å². The van der Waals surface area contributed by atoms with E-state index >= 15 is 0 Å². The van der Waals surface area contributed by atoms with Crippen LogP contribution in [0.4, 0.5) is 0 Å². The maximum absolute atomic E-state index is 2.45. The van der Waals surface area contributed by atoms with E-state index in [1.807, 2.05) is 0 Å². The third-order valence-corrected chi connectivity index (χ3v) is 8.36. The molecule has 0 spiro atoms. The van der Waals surface area contributed by atoms with Crippen molar-refractivity contribution in [3.8, 4) is 22.3 Å². The summed E-state index contributed by atoms with van der Waals surface area (Å²) in [6, 6.07) is 32.8. The first-order chi connectivity index (χ1) is 18.3. The highest BCUT2D eigenvalue weighted by Gasteiger charge is 2.18. The SMILES string of the molecule is Cc1cc(C)cc(-c2cc3c(C)ccc4c5ccc(C)c6cc(-c7cc(C)cc(C)c7)cc(c(c2)c34)c65)c1. The minimum Gasteiger partial charge on any atom is -0.0581 e. The number of hydrogen-bond acceptors (Lipinski definition) is 0. The van der Waals surface area contributed by atoms with Crippen LogP contribution in [0.3, 0.4) is 0 Å². The summed E-state index contributed by atoms with van der Waals surface area (Å²) < 4.78 is 0. The minimum absolute atomic E-state index is 1.29. The Morgan fingerprint density at radius 3 is 0.974 bits per heavy atom. The third kappa shape index (κ3) is 3.44. The Hall–Kier alpha value is -4.16. The Morgan fingerprint density at radius 1 is 0.289 bits per heavy atom. The molecule has 0 aliphatic heterocycles. The molecule has 0 atom stereocenters. The molecule has 0 N–H and O–H groups in total. The maximum Gasteiger partial charge on any atom is -0.00233 e. The van der Waals surface area contributed by atoms with Crippen molar-refractivity contribution in [3.05, 3.63) is 118 Å². The van der Waals surface area contributed by atoms with Crippen molar-refractivity contribution in [2.75, 3.05) is 0 Å². The summed E-state index contributed by atoms with van der Waals surface area (Å²) >= 11 is 0. The quantitative estimate of drug-likeness (QED) is 0.168. The van der Waals surface area contributed by atoms with Gasteiger partial charge in [-0.2, -0.15) is 0 Å². The lowest BCUT2D eigenvalue weighted by molar-refractivity contribution is 1.38. The van der Waals surface area contributed by atoms with Gasteiger partial charge in [-0.25, -0.2) is 0 Å². The molecule has 0 radical (unpaired) electrons. The largest absolute Gasteiger partial charge is 0.0581 e.